The number of hydrogen-bond donors (Lipinski definition) is 2. The smallest absolute Gasteiger partial charge is 0.262 e. The lowest BCUT2D eigenvalue weighted by Crippen LogP contribution is -2.40. The van der Waals surface area contributed by atoms with Crippen LogP contribution in [0.2, 0.25) is 0 Å². The number of ether oxygens (including phenoxy) is 1. The second-order valence-corrected chi connectivity index (χ2v) is 5.13. The number of rotatable bonds is 6. The Morgan fingerprint density at radius 2 is 1.71 bits per heavy atom. The van der Waals surface area contributed by atoms with Gasteiger partial charge in [0.1, 0.15) is 5.75 Å². The van der Waals surface area contributed by atoms with Gasteiger partial charge in [0.15, 0.2) is 0 Å². The molecule has 0 saturated carbocycles. The summed E-state index contributed by atoms with van der Waals surface area (Å²) in [5, 5.41) is 0. The van der Waals surface area contributed by atoms with Gasteiger partial charge in [-0.15, -0.1) is 0 Å². The highest BCUT2D eigenvalue weighted by Crippen LogP contribution is 2.12. The molecule has 2 aromatic carbocycles. The molecule has 2 aromatic rings. The van der Waals surface area contributed by atoms with Crippen molar-refractivity contribution in [3.63, 3.8) is 0 Å². The Morgan fingerprint density at radius 3 is 2.38 bits per heavy atom. The SMILES string of the molecule is COc1ccc(C=CC(=O)NNC(=O)CCc2ccccc2)cc1. The molecule has 24 heavy (non-hydrogen) atoms. The molecular weight excluding hydrogens is 304 g/mol. The van der Waals surface area contributed by atoms with Gasteiger partial charge in [-0.3, -0.25) is 20.4 Å². The number of hydrogen-bond acceptors (Lipinski definition) is 3. The third-order valence-electron chi connectivity index (χ3n) is 3.35. The van der Waals surface area contributed by atoms with Gasteiger partial charge in [0.25, 0.3) is 5.91 Å². The largest absolute Gasteiger partial charge is 0.497 e. The van der Waals surface area contributed by atoms with Crippen molar-refractivity contribution < 1.29 is 14.3 Å². The highest BCUT2D eigenvalue weighted by molar-refractivity contribution is 5.93. The van der Waals surface area contributed by atoms with Crippen molar-refractivity contribution in [2.24, 2.45) is 0 Å². The highest BCUT2D eigenvalue weighted by Gasteiger charge is 2.03. The van der Waals surface area contributed by atoms with Crippen molar-refractivity contribution in [1.29, 1.82) is 0 Å². The van der Waals surface area contributed by atoms with Crippen LogP contribution in [0.1, 0.15) is 17.5 Å². The maximum absolute atomic E-state index is 11.7. The van der Waals surface area contributed by atoms with Crippen molar-refractivity contribution in [2.45, 2.75) is 12.8 Å². The fourth-order valence-corrected chi connectivity index (χ4v) is 2.02. The van der Waals surface area contributed by atoms with Crippen LogP contribution in [0.4, 0.5) is 0 Å². The molecule has 0 radical (unpaired) electrons. The predicted octanol–water partition coefficient (Wildman–Crippen LogP) is 2.49. The van der Waals surface area contributed by atoms with E-state index in [1.54, 1.807) is 13.2 Å². The summed E-state index contributed by atoms with van der Waals surface area (Å²) in [4.78, 5) is 23.4. The Bertz CT molecular complexity index is 694. The Morgan fingerprint density at radius 1 is 1.00 bits per heavy atom. The van der Waals surface area contributed by atoms with Crippen molar-refractivity contribution in [2.75, 3.05) is 7.11 Å². The minimum absolute atomic E-state index is 0.231. The van der Waals surface area contributed by atoms with Gasteiger partial charge in [0.2, 0.25) is 5.91 Å². The first kappa shape index (κ1) is 17.3. The van der Waals surface area contributed by atoms with E-state index in [4.69, 9.17) is 4.74 Å². The molecule has 0 heterocycles. The first-order chi connectivity index (χ1) is 11.7. The molecule has 2 rings (SSSR count). The van der Waals surface area contributed by atoms with Crippen molar-refractivity contribution in [1.82, 2.24) is 10.9 Å². The standard InChI is InChI=1S/C19H20N2O3/c1-24-17-11-7-16(8-12-17)10-14-19(23)21-20-18(22)13-9-15-5-3-2-4-6-15/h2-8,10-12,14H,9,13H2,1H3,(H,20,22)(H,21,23). The molecule has 5 heteroatoms. The zero-order valence-electron chi connectivity index (χ0n) is 13.5. The summed E-state index contributed by atoms with van der Waals surface area (Å²) < 4.78 is 5.06. The third-order valence-corrected chi connectivity index (χ3v) is 3.35. The van der Waals surface area contributed by atoms with E-state index < -0.39 is 0 Å². The van der Waals surface area contributed by atoms with Crippen molar-refractivity contribution in [3.05, 3.63) is 71.8 Å². The van der Waals surface area contributed by atoms with Gasteiger partial charge in [-0.2, -0.15) is 0 Å². The molecule has 0 atom stereocenters. The molecule has 0 aliphatic rings. The normalized spacial score (nSPS) is 10.4. The van der Waals surface area contributed by atoms with E-state index in [1.165, 1.54) is 6.08 Å². The van der Waals surface area contributed by atoms with E-state index >= 15 is 0 Å². The van der Waals surface area contributed by atoms with Gasteiger partial charge in [-0.05, 0) is 35.8 Å². The zero-order chi connectivity index (χ0) is 17.2. The summed E-state index contributed by atoms with van der Waals surface area (Å²) >= 11 is 0. The lowest BCUT2D eigenvalue weighted by molar-refractivity contribution is -0.126. The summed E-state index contributed by atoms with van der Waals surface area (Å²) in [7, 11) is 1.60. The van der Waals surface area contributed by atoms with Crippen LogP contribution in [0.15, 0.2) is 60.7 Å². The first-order valence-electron chi connectivity index (χ1n) is 7.62. The quantitative estimate of drug-likeness (QED) is 0.634. The number of benzene rings is 2. The third kappa shape index (κ3) is 5.96. The number of carbonyl (C=O) groups is 2. The monoisotopic (exact) mass is 324 g/mol. The molecule has 0 aliphatic heterocycles. The number of carbonyl (C=O) groups excluding carboxylic acids is 2. The maximum atomic E-state index is 11.7. The molecule has 0 unspecified atom stereocenters. The molecule has 2 amide bonds. The molecule has 124 valence electrons. The van der Waals surface area contributed by atoms with E-state index in [9.17, 15) is 9.59 Å². The minimum atomic E-state index is -0.390. The van der Waals surface area contributed by atoms with Crippen LogP contribution in [0.3, 0.4) is 0 Å². The number of amides is 2. The van der Waals surface area contributed by atoms with E-state index in [-0.39, 0.29) is 11.8 Å². The van der Waals surface area contributed by atoms with Crippen LogP contribution >= 0.6 is 0 Å². The molecule has 0 aliphatic carbocycles. The molecule has 0 spiro atoms. The Kier molecular flexibility index (Phi) is 6.58. The van der Waals surface area contributed by atoms with Crippen LogP contribution in [0.25, 0.3) is 6.08 Å². The minimum Gasteiger partial charge on any atom is -0.497 e. The van der Waals surface area contributed by atoms with Crippen LogP contribution in [0.5, 0.6) is 5.75 Å². The second-order valence-electron chi connectivity index (χ2n) is 5.13. The van der Waals surface area contributed by atoms with Gasteiger partial charge in [0, 0.05) is 12.5 Å². The number of nitrogens with one attached hydrogen (secondary N) is 2. The van der Waals surface area contributed by atoms with Gasteiger partial charge >= 0.3 is 0 Å². The lowest BCUT2D eigenvalue weighted by Gasteiger charge is -2.05. The van der Waals surface area contributed by atoms with Crippen LogP contribution in [-0.4, -0.2) is 18.9 Å². The molecule has 2 N–H and O–H groups in total. The Labute approximate surface area is 141 Å². The summed E-state index contributed by atoms with van der Waals surface area (Å²) in [6, 6.07) is 17.0. The highest BCUT2D eigenvalue weighted by atomic mass is 16.5. The zero-order valence-corrected chi connectivity index (χ0v) is 13.5. The lowest BCUT2D eigenvalue weighted by atomic mass is 10.1. The second kappa shape index (κ2) is 9.15. The van der Waals surface area contributed by atoms with Crippen molar-refractivity contribution >= 4 is 17.9 Å². The van der Waals surface area contributed by atoms with Crippen LogP contribution in [0, 0.1) is 0 Å². The van der Waals surface area contributed by atoms with E-state index in [1.807, 2.05) is 54.6 Å². The van der Waals surface area contributed by atoms with Gasteiger partial charge in [-0.1, -0.05) is 42.5 Å². The number of methoxy groups -OCH3 is 1. The summed E-state index contributed by atoms with van der Waals surface area (Å²) in [6.07, 6.45) is 3.96. The average molecular weight is 324 g/mol. The van der Waals surface area contributed by atoms with Crippen LogP contribution in [-0.2, 0) is 16.0 Å². The first-order valence-corrected chi connectivity index (χ1v) is 7.62. The molecular formula is C19H20N2O3. The number of aryl methyl sites for hydroxylation is 1. The predicted molar refractivity (Wildman–Crippen MR) is 93.1 cm³/mol. The fraction of sp³-hybridized carbons (Fsp3) is 0.158. The van der Waals surface area contributed by atoms with E-state index in [0.717, 1.165) is 16.9 Å². The summed E-state index contributed by atoms with van der Waals surface area (Å²) in [6.45, 7) is 0. The molecule has 0 saturated heterocycles. The molecule has 5 nitrogen and oxygen atoms in total. The molecule has 0 fully saturated rings. The van der Waals surface area contributed by atoms with Gasteiger partial charge in [0.05, 0.1) is 7.11 Å². The summed E-state index contributed by atoms with van der Waals surface area (Å²) in [5.41, 5.74) is 6.70. The van der Waals surface area contributed by atoms with Gasteiger partial charge < -0.3 is 4.74 Å². The Hall–Kier alpha value is -3.08. The fourth-order valence-electron chi connectivity index (χ4n) is 2.02. The van der Waals surface area contributed by atoms with E-state index in [0.29, 0.717) is 12.8 Å². The van der Waals surface area contributed by atoms with Crippen LogP contribution < -0.4 is 15.6 Å². The molecule has 0 aromatic heterocycles. The topological polar surface area (TPSA) is 67.4 Å². The molecule has 0 bridgehead atoms. The maximum Gasteiger partial charge on any atom is 0.262 e. The van der Waals surface area contributed by atoms with Gasteiger partial charge in [-0.25, -0.2) is 0 Å². The van der Waals surface area contributed by atoms with E-state index in [2.05, 4.69) is 10.9 Å². The summed E-state index contributed by atoms with van der Waals surface area (Å²) in [5.74, 6) is 0.131. The average Bonchev–Trinajstić information content (AvgIpc) is 2.64. The Balaban J connectivity index is 1.71. The number of hydrazine groups is 1. The van der Waals surface area contributed by atoms with Crippen molar-refractivity contribution in [3.8, 4) is 5.75 Å².